The first-order valence-corrected chi connectivity index (χ1v) is 10.6. The number of anilines is 2. The zero-order chi connectivity index (χ0) is 21.2. The van der Waals surface area contributed by atoms with E-state index in [1.54, 1.807) is 6.21 Å². The number of rotatable bonds is 12. The Labute approximate surface area is 178 Å². The van der Waals surface area contributed by atoms with E-state index in [9.17, 15) is 0 Å². The smallest absolute Gasteiger partial charge is 0.215 e. The molecular formula is C23H32N6O. The summed E-state index contributed by atoms with van der Waals surface area (Å²) in [5, 5.41) is 8.61. The molecular weight excluding hydrogens is 376 g/mol. The van der Waals surface area contributed by atoms with Gasteiger partial charge in [-0.15, -0.1) is 0 Å². The van der Waals surface area contributed by atoms with Gasteiger partial charge in [-0.3, -0.25) is 5.43 Å². The van der Waals surface area contributed by atoms with Gasteiger partial charge in [-0.05, 0) is 32.0 Å². The van der Waals surface area contributed by atoms with Crippen molar-refractivity contribution in [3.63, 3.8) is 0 Å². The molecule has 0 radical (unpaired) electrons. The molecule has 0 aliphatic rings. The summed E-state index contributed by atoms with van der Waals surface area (Å²) in [4.78, 5) is 10.2. The third-order valence-corrected chi connectivity index (χ3v) is 4.73. The van der Waals surface area contributed by atoms with Crippen molar-refractivity contribution < 1.29 is 4.74 Å². The highest BCUT2D eigenvalue weighted by Gasteiger charge is 2.10. The number of likely N-dealkylation sites (N-methyl/N-ethyl adjacent to an activating group) is 1. The average molecular weight is 409 g/mol. The Morgan fingerprint density at radius 2 is 1.97 bits per heavy atom. The summed E-state index contributed by atoms with van der Waals surface area (Å²) in [5.74, 6) is 0.619. The van der Waals surface area contributed by atoms with Crippen LogP contribution in [0.4, 0.5) is 11.4 Å². The van der Waals surface area contributed by atoms with Crippen molar-refractivity contribution in [3.8, 4) is 5.88 Å². The minimum atomic E-state index is 0.568. The molecule has 0 aliphatic carbocycles. The first kappa shape index (κ1) is 21.6. The predicted octanol–water partition coefficient (Wildman–Crippen LogP) is 4.23. The van der Waals surface area contributed by atoms with Crippen LogP contribution in [0.2, 0.25) is 0 Å². The number of para-hydroxylation sites is 1. The Morgan fingerprint density at radius 3 is 2.73 bits per heavy atom. The van der Waals surface area contributed by atoms with Gasteiger partial charge in [0.25, 0.3) is 0 Å². The molecule has 0 saturated carbocycles. The van der Waals surface area contributed by atoms with E-state index in [1.165, 1.54) is 0 Å². The van der Waals surface area contributed by atoms with Gasteiger partial charge in [-0.1, -0.05) is 32.0 Å². The molecule has 30 heavy (non-hydrogen) atoms. The van der Waals surface area contributed by atoms with Gasteiger partial charge in [0.2, 0.25) is 5.88 Å². The molecule has 0 bridgehead atoms. The molecule has 0 unspecified atom stereocenters. The Hall–Kier alpha value is -3.06. The number of aromatic amines is 1. The predicted molar refractivity (Wildman–Crippen MR) is 126 cm³/mol. The third kappa shape index (κ3) is 5.73. The maximum Gasteiger partial charge on any atom is 0.215 e. The van der Waals surface area contributed by atoms with Crippen molar-refractivity contribution in [2.75, 3.05) is 43.6 Å². The molecule has 7 nitrogen and oxygen atoms in total. The van der Waals surface area contributed by atoms with Crippen LogP contribution < -0.4 is 20.4 Å². The van der Waals surface area contributed by atoms with Gasteiger partial charge in [0.05, 0.1) is 17.6 Å². The Morgan fingerprint density at radius 1 is 1.17 bits per heavy atom. The Kier molecular flexibility index (Phi) is 8.09. The molecule has 3 N–H and O–H groups in total. The summed E-state index contributed by atoms with van der Waals surface area (Å²) >= 11 is 0. The fraction of sp³-hybridized carbons (Fsp3) is 0.391. The zero-order valence-corrected chi connectivity index (χ0v) is 18.1. The number of hydrogen-bond acceptors (Lipinski definition) is 6. The van der Waals surface area contributed by atoms with Crippen molar-refractivity contribution in [3.05, 3.63) is 48.3 Å². The van der Waals surface area contributed by atoms with E-state index >= 15 is 0 Å². The lowest BCUT2D eigenvalue weighted by Gasteiger charge is -2.24. The molecule has 0 spiro atoms. The van der Waals surface area contributed by atoms with E-state index in [4.69, 9.17) is 4.74 Å². The van der Waals surface area contributed by atoms with E-state index in [0.717, 1.165) is 60.4 Å². The molecule has 0 atom stereocenters. The van der Waals surface area contributed by atoms with Crippen LogP contribution in [0.15, 0.2) is 47.7 Å². The lowest BCUT2D eigenvalue weighted by molar-refractivity contribution is 0.306. The molecule has 3 rings (SSSR count). The van der Waals surface area contributed by atoms with Crippen LogP contribution in [0.1, 0.15) is 32.4 Å². The third-order valence-electron chi connectivity index (χ3n) is 4.73. The molecule has 0 amide bonds. The van der Waals surface area contributed by atoms with Crippen LogP contribution in [0.5, 0.6) is 5.88 Å². The van der Waals surface area contributed by atoms with E-state index < -0.39 is 0 Å². The molecule has 160 valence electrons. The number of benzene rings is 1. The maximum absolute atomic E-state index is 5.86. The van der Waals surface area contributed by atoms with Crippen LogP contribution in [-0.2, 0) is 0 Å². The molecule has 7 heteroatoms. The average Bonchev–Trinajstić information content (AvgIpc) is 3.17. The summed E-state index contributed by atoms with van der Waals surface area (Å²) in [6, 6.07) is 12.2. The lowest BCUT2D eigenvalue weighted by Crippen LogP contribution is -2.25. The fourth-order valence-corrected chi connectivity index (χ4v) is 3.33. The molecule has 0 aliphatic heterocycles. The number of fused-ring (bicyclic) bond motifs is 1. The van der Waals surface area contributed by atoms with Crippen LogP contribution in [-0.4, -0.2) is 49.5 Å². The molecule has 0 fully saturated rings. The number of nitrogens with one attached hydrogen (secondary N) is 3. The van der Waals surface area contributed by atoms with Gasteiger partial charge in [0, 0.05) is 48.5 Å². The van der Waals surface area contributed by atoms with Gasteiger partial charge in [-0.2, -0.15) is 5.10 Å². The van der Waals surface area contributed by atoms with Crippen molar-refractivity contribution in [2.24, 2.45) is 5.10 Å². The van der Waals surface area contributed by atoms with Gasteiger partial charge in [0.1, 0.15) is 6.61 Å². The van der Waals surface area contributed by atoms with Crippen molar-refractivity contribution in [1.82, 2.24) is 15.3 Å². The minimum Gasteiger partial charge on any atom is -0.476 e. The lowest BCUT2D eigenvalue weighted by atomic mass is 10.2. The first-order valence-electron chi connectivity index (χ1n) is 10.6. The normalized spacial score (nSPS) is 11.3. The highest BCUT2D eigenvalue weighted by Crippen LogP contribution is 2.23. The van der Waals surface area contributed by atoms with Gasteiger partial charge in [-0.25, -0.2) is 4.98 Å². The van der Waals surface area contributed by atoms with E-state index in [-0.39, 0.29) is 0 Å². The summed E-state index contributed by atoms with van der Waals surface area (Å²) < 4.78 is 5.86. The number of hydrazone groups is 1. The van der Waals surface area contributed by atoms with Crippen molar-refractivity contribution in [2.45, 2.75) is 26.7 Å². The van der Waals surface area contributed by atoms with E-state index in [0.29, 0.717) is 12.5 Å². The summed E-state index contributed by atoms with van der Waals surface area (Å²) in [6.45, 7) is 7.73. The number of hydrogen-bond donors (Lipinski definition) is 3. The SMILES string of the molecule is CCCN(CCC)c1cc(/C=N/Nc2c[nH]c3ccccc23)nc(OCCNC)c1. The van der Waals surface area contributed by atoms with Crippen LogP contribution in [0, 0.1) is 0 Å². The summed E-state index contributed by atoms with van der Waals surface area (Å²) in [6.07, 6.45) is 5.84. The second-order valence-electron chi connectivity index (χ2n) is 7.15. The molecule has 0 saturated heterocycles. The number of aromatic nitrogens is 2. The number of H-pyrrole nitrogens is 1. The second-order valence-corrected chi connectivity index (χ2v) is 7.15. The molecule has 3 aromatic rings. The Balaban J connectivity index is 1.81. The zero-order valence-electron chi connectivity index (χ0n) is 18.1. The van der Waals surface area contributed by atoms with Crippen molar-refractivity contribution >= 4 is 28.5 Å². The molecule has 1 aromatic carbocycles. The van der Waals surface area contributed by atoms with Crippen molar-refractivity contribution in [1.29, 1.82) is 0 Å². The maximum atomic E-state index is 5.86. The summed E-state index contributed by atoms with van der Waals surface area (Å²) in [7, 11) is 1.91. The van der Waals surface area contributed by atoms with Crippen LogP contribution in [0.3, 0.4) is 0 Å². The topological polar surface area (TPSA) is 77.6 Å². The fourth-order valence-electron chi connectivity index (χ4n) is 3.33. The highest BCUT2D eigenvalue weighted by molar-refractivity contribution is 5.92. The Bertz CT molecular complexity index is 946. The standard InChI is InChI=1S/C23H32N6O/c1-4-11-29(12-5-2)19-14-18(27-23(15-19)30-13-10-24-3)16-26-28-22-17-25-21-9-7-6-8-20(21)22/h6-9,14-17,24-25,28H,4-5,10-13H2,1-3H3/b26-16+. The van der Waals surface area contributed by atoms with Crippen LogP contribution >= 0.6 is 0 Å². The monoisotopic (exact) mass is 408 g/mol. The number of pyridine rings is 1. The van der Waals surface area contributed by atoms with E-state index in [2.05, 4.69) is 56.7 Å². The molecule has 2 heterocycles. The van der Waals surface area contributed by atoms with Crippen LogP contribution in [0.25, 0.3) is 10.9 Å². The number of nitrogens with zero attached hydrogens (tertiary/aromatic N) is 3. The minimum absolute atomic E-state index is 0.568. The highest BCUT2D eigenvalue weighted by atomic mass is 16.5. The first-order chi connectivity index (χ1) is 14.7. The van der Waals surface area contributed by atoms with Gasteiger partial charge in [0.15, 0.2) is 0 Å². The number of ether oxygens (including phenoxy) is 1. The summed E-state index contributed by atoms with van der Waals surface area (Å²) in [5.41, 5.74) is 7.00. The molecule has 2 aromatic heterocycles. The van der Waals surface area contributed by atoms with Gasteiger partial charge < -0.3 is 19.9 Å². The largest absolute Gasteiger partial charge is 0.476 e. The van der Waals surface area contributed by atoms with Gasteiger partial charge >= 0.3 is 0 Å². The quantitative estimate of drug-likeness (QED) is 0.237. The van der Waals surface area contributed by atoms with E-state index in [1.807, 2.05) is 37.5 Å². The second kappa shape index (κ2) is 11.2.